The number of carbonyl (C=O) groups excluding carboxylic acids is 1. The molecule has 0 bridgehead atoms. The Labute approximate surface area is 133 Å². The van der Waals surface area contributed by atoms with Crippen LogP contribution in [0.4, 0.5) is 0 Å². The number of carbonyl (C=O) groups is 1. The van der Waals surface area contributed by atoms with Crippen molar-refractivity contribution in [2.45, 2.75) is 13.0 Å². The minimum Gasteiger partial charge on any atom is -0.388 e. The van der Waals surface area contributed by atoms with Crippen molar-refractivity contribution in [2.24, 2.45) is 0 Å². The Bertz CT molecular complexity index is 714. The first-order chi connectivity index (χ1) is 10.5. The molecule has 1 aromatic heterocycles. The first-order valence-corrected chi connectivity index (χ1v) is 6.96. The minimum atomic E-state index is -0.921. The predicted molar refractivity (Wildman–Crippen MR) is 83.4 cm³/mol. The Morgan fingerprint density at radius 2 is 2.14 bits per heavy atom. The summed E-state index contributed by atoms with van der Waals surface area (Å²) in [7, 11) is 1.55. The minimum absolute atomic E-state index is 0.0160. The van der Waals surface area contributed by atoms with Crippen LogP contribution in [0.1, 0.15) is 29.1 Å². The van der Waals surface area contributed by atoms with Crippen molar-refractivity contribution in [2.75, 3.05) is 13.6 Å². The van der Waals surface area contributed by atoms with Gasteiger partial charge in [0.1, 0.15) is 5.69 Å². The van der Waals surface area contributed by atoms with Gasteiger partial charge in [-0.15, -0.1) is 6.42 Å². The lowest BCUT2D eigenvalue weighted by Gasteiger charge is -2.13. The van der Waals surface area contributed by atoms with E-state index in [0.717, 1.165) is 0 Å². The zero-order valence-corrected chi connectivity index (χ0v) is 13.0. The molecule has 0 fully saturated rings. The van der Waals surface area contributed by atoms with E-state index in [1.165, 1.54) is 4.90 Å². The van der Waals surface area contributed by atoms with Gasteiger partial charge in [-0.1, -0.05) is 34.8 Å². The summed E-state index contributed by atoms with van der Waals surface area (Å²) in [6.45, 7) is 1.68. The highest BCUT2D eigenvalue weighted by atomic mass is 35.5. The summed E-state index contributed by atoms with van der Waals surface area (Å²) >= 11 is 5.86. The standard InChI is InChI=1S/C16H15ClN2O3/c1-4-9-19(3)16(21)15-13(10(2)20)14(18-22-15)11-5-7-12(17)8-6-11/h1,5-8,10,20H,9H2,2-3H3/t10-/m0/s1. The van der Waals surface area contributed by atoms with Crippen LogP contribution in [0.25, 0.3) is 11.3 Å². The molecule has 0 unspecified atom stereocenters. The number of terminal acetylenes is 1. The zero-order chi connectivity index (χ0) is 16.3. The van der Waals surface area contributed by atoms with Gasteiger partial charge in [-0.3, -0.25) is 4.79 Å². The smallest absolute Gasteiger partial charge is 0.293 e. The third-order valence-corrected chi connectivity index (χ3v) is 3.38. The van der Waals surface area contributed by atoms with Crippen molar-refractivity contribution in [1.29, 1.82) is 0 Å². The van der Waals surface area contributed by atoms with Crippen LogP contribution < -0.4 is 0 Å². The Morgan fingerprint density at radius 3 is 2.68 bits per heavy atom. The van der Waals surface area contributed by atoms with Crippen molar-refractivity contribution in [3.63, 3.8) is 0 Å². The number of nitrogens with zero attached hydrogens (tertiary/aromatic N) is 2. The van der Waals surface area contributed by atoms with Crippen molar-refractivity contribution < 1.29 is 14.4 Å². The van der Waals surface area contributed by atoms with Crippen LogP contribution >= 0.6 is 11.6 Å². The number of rotatable bonds is 4. The molecule has 1 N–H and O–H groups in total. The van der Waals surface area contributed by atoms with E-state index < -0.39 is 12.0 Å². The molecule has 2 aromatic rings. The highest BCUT2D eigenvalue weighted by Gasteiger charge is 2.28. The molecule has 1 heterocycles. The SMILES string of the molecule is C#CCN(C)C(=O)c1onc(-c2ccc(Cl)cc2)c1[C@H](C)O. The van der Waals surface area contributed by atoms with E-state index in [1.54, 1.807) is 38.2 Å². The van der Waals surface area contributed by atoms with E-state index in [-0.39, 0.29) is 12.3 Å². The fraction of sp³-hybridized carbons (Fsp3) is 0.250. The van der Waals surface area contributed by atoms with Crippen LogP contribution in [0.3, 0.4) is 0 Å². The molecule has 0 spiro atoms. The summed E-state index contributed by atoms with van der Waals surface area (Å²) in [6, 6.07) is 6.88. The maximum Gasteiger partial charge on any atom is 0.293 e. The van der Waals surface area contributed by atoms with Crippen LogP contribution in [0.5, 0.6) is 0 Å². The first-order valence-electron chi connectivity index (χ1n) is 6.58. The average Bonchev–Trinajstić information content (AvgIpc) is 2.92. The molecule has 2 rings (SSSR count). The highest BCUT2D eigenvalue weighted by molar-refractivity contribution is 6.30. The van der Waals surface area contributed by atoms with Gasteiger partial charge in [-0.2, -0.15) is 0 Å². The summed E-state index contributed by atoms with van der Waals surface area (Å²) in [4.78, 5) is 13.6. The fourth-order valence-electron chi connectivity index (χ4n) is 2.04. The second-order valence-corrected chi connectivity index (χ2v) is 5.26. The van der Waals surface area contributed by atoms with Crippen LogP contribution in [-0.2, 0) is 0 Å². The van der Waals surface area contributed by atoms with Crippen molar-refractivity contribution in [3.05, 3.63) is 40.6 Å². The van der Waals surface area contributed by atoms with E-state index in [4.69, 9.17) is 22.5 Å². The highest BCUT2D eigenvalue weighted by Crippen LogP contribution is 2.31. The Morgan fingerprint density at radius 1 is 1.50 bits per heavy atom. The van der Waals surface area contributed by atoms with Gasteiger partial charge < -0.3 is 14.5 Å². The summed E-state index contributed by atoms with van der Waals surface area (Å²) < 4.78 is 5.17. The maximum atomic E-state index is 12.3. The molecule has 114 valence electrons. The molecule has 0 saturated heterocycles. The molecule has 1 amide bonds. The lowest BCUT2D eigenvalue weighted by atomic mass is 10.0. The normalized spacial score (nSPS) is 11.8. The number of aromatic nitrogens is 1. The van der Waals surface area contributed by atoms with Crippen molar-refractivity contribution in [1.82, 2.24) is 10.1 Å². The van der Waals surface area contributed by atoms with E-state index in [0.29, 0.717) is 21.8 Å². The lowest BCUT2D eigenvalue weighted by Crippen LogP contribution is -2.27. The molecule has 1 aromatic carbocycles. The number of amides is 1. The summed E-state index contributed by atoms with van der Waals surface area (Å²) in [5, 5.41) is 14.5. The van der Waals surface area contributed by atoms with Gasteiger partial charge in [0.2, 0.25) is 5.76 Å². The molecule has 0 aliphatic rings. The van der Waals surface area contributed by atoms with E-state index in [2.05, 4.69) is 11.1 Å². The predicted octanol–water partition coefficient (Wildman–Crippen LogP) is 2.75. The molecule has 6 heteroatoms. The van der Waals surface area contributed by atoms with Gasteiger partial charge in [0.25, 0.3) is 5.91 Å². The monoisotopic (exact) mass is 318 g/mol. The van der Waals surface area contributed by atoms with Crippen LogP contribution in [0.2, 0.25) is 5.02 Å². The second kappa shape index (κ2) is 6.65. The van der Waals surface area contributed by atoms with E-state index in [9.17, 15) is 9.90 Å². The molecule has 1 atom stereocenters. The van der Waals surface area contributed by atoms with Crippen molar-refractivity contribution in [3.8, 4) is 23.6 Å². The topological polar surface area (TPSA) is 66.6 Å². The number of hydrogen-bond acceptors (Lipinski definition) is 4. The van der Waals surface area contributed by atoms with Gasteiger partial charge >= 0.3 is 0 Å². The number of hydrogen-bond donors (Lipinski definition) is 1. The molecular formula is C16H15ClN2O3. The Kier molecular flexibility index (Phi) is 4.86. The molecule has 22 heavy (non-hydrogen) atoms. The lowest BCUT2D eigenvalue weighted by molar-refractivity contribution is 0.0763. The van der Waals surface area contributed by atoms with Gasteiger partial charge in [-0.25, -0.2) is 0 Å². The maximum absolute atomic E-state index is 12.3. The largest absolute Gasteiger partial charge is 0.388 e. The van der Waals surface area contributed by atoms with Gasteiger partial charge in [0.15, 0.2) is 0 Å². The fourth-order valence-corrected chi connectivity index (χ4v) is 2.16. The molecule has 0 aliphatic heterocycles. The van der Waals surface area contributed by atoms with Crippen LogP contribution in [0, 0.1) is 12.3 Å². The number of aliphatic hydroxyl groups excluding tert-OH is 1. The summed E-state index contributed by atoms with van der Waals surface area (Å²) in [6.07, 6.45) is 4.28. The summed E-state index contributed by atoms with van der Waals surface area (Å²) in [5.41, 5.74) is 1.43. The third-order valence-electron chi connectivity index (χ3n) is 3.13. The molecule has 0 aliphatic carbocycles. The Hall–Kier alpha value is -2.29. The number of benzene rings is 1. The molecule has 0 saturated carbocycles. The van der Waals surface area contributed by atoms with Gasteiger partial charge in [0, 0.05) is 17.6 Å². The zero-order valence-electron chi connectivity index (χ0n) is 12.2. The quantitative estimate of drug-likeness (QED) is 0.880. The van der Waals surface area contributed by atoms with Gasteiger partial charge in [-0.05, 0) is 19.1 Å². The molecular weight excluding hydrogens is 304 g/mol. The van der Waals surface area contributed by atoms with E-state index >= 15 is 0 Å². The molecule has 5 nitrogen and oxygen atoms in total. The Balaban J connectivity index is 2.48. The van der Waals surface area contributed by atoms with Crippen LogP contribution in [0.15, 0.2) is 28.8 Å². The summed E-state index contributed by atoms with van der Waals surface area (Å²) in [5.74, 6) is 1.93. The van der Waals surface area contributed by atoms with Gasteiger partial charge in [0.05, 0.1) is 18.2 Å². The van der Waals surface area contributed by atoms with E-state index in [1.807, 2.05) is 0 Å². The first kappa shape index (κ1) is 16.1. The molecule has 0 radical (unpaired) electrons. The second-order valence-electron chi connectivity index (χ2n) is 4.82. The third kappa shape index (κ3) is 3.14. The number of halogens is 1. The van der Waals surface area contributed by atoms with Crippen LogP contribution in [-0.4, -0.2) is 34.7 Å². The van der Waals surface area contributed by atoms with Crippen molar-refractivity contribution >= 4 is 17.5 Å². The average molecular weight is 319 g/mol. The number of aliphatic hydroxyl groups is 1.